The van der Waals surface area contributed by atoms with Crippen molar-refractivity contribution in [2.24, 2.45) is 4.99 Å². The number of aromatic nitrogens is 1. The van der Waals surface area contributed by atoms with Crippen molar-refractivity contribution in [2.45, 2.75) is 0 Å². The first-order valence-corrected chi connectivity index (χ1v) is 9.00. The molecule has 0 amide bonds. The topological polar surface area (TPSA) is 35.8 Å². The van der Waals surface area contributed by atoms with Crippen molar-refractivity contribution in [2.75, 3.05) is 7.11 Å². The third-order valence-electron chi connectivity index (χ3n) is 4.26. The Labute approximate surface area is 164 Å². The van der Waals surface area contributed by atoms with Gasteiger partial charge in [0.25, 0.3) is 0 Å². The van der Waals surface area contributed by atoms with E-state index in [0.29, 0.717) is 0 Å². The van der Waals surface area contributed by atoms with E-state index in [1.807, 2.05) is 104 Å². The largest absolute Gasteiger partial charge is 0.497 e. The molecule has 4 aromatic rings. The maximum atomic E-state index is 5.80. The predicted molar refractivity (Wildman–Crippen MR) is 113 cm³/mol. The average molecular weight is 368 g/mol. The van der Waals surface area contributed by atoms with E-state index in [-0.39, 0.29) is 0 Å². The molecule has 4 heteroatoms. The summed E-state index contributed by atoms with van der Waals surface area (Å²) in [5.41, 5.74) is 2.97. The smallest absolute Gasteiger partial charge is 0.127 e. The van der Waals surface area contributed by atoms with Gasteiger partial charge in [0.05, 0.1) is 12.8 Å². The van der Waals surface area contributed by atoms with Crippen molar-refractivity contribution in [3.63, 3.8) is 0 Å². The summed E-state index contributed by atoms with van der Waals surface area (Å²) in [6.07, 6.45) is 5.91. The zero-order valence-electron chi connectivity index (χ0n) is 15.5. The second kappa shape index (κ2) is 8.27. The molecule has 0 fully saturated rings. The second-order valence-electron chi connectivity index (χ2n) is 6.22. The van der Waals surface area contributed by atoms with Crippen molar-refractivity contribution in [3.8, 4) is 22.9 Å². The number of benzene rings is 3. The van der Waals surface area contributed by atoms with Crippen LogP contribution in [0, 0.1) is 0 Å². The first-order chi connectivity index (χ1) is 13.8. The summed E-state index contributed by atoms with van der Waals surface area (Å²) in [6, 6.07) is 27.4. The van der Waals surface area contributed by atoms with Crippen LogP contribution < -0.4 is 9.47 Å². The van der Waals surface area contributed by atoms with Crippen LogP contribution >= 0.6 is 0 Å². The van der Waals surface area contributed by atoms with Crippen LogP contribution in [0.15, 0.2) is 102 Å². The minimum atomic E-state index is 0.788. The van der Waals surface area contributed by atoms with E-state index in [4.69, 9.17) is 9.47 Å². The molecule has 1 heterocycles. The van der Waals surface area contributed by atoms with Crippen LogP contribution in [0.4, 0.5) is 5.69 Å². The van der Waals surface area contributed by atoms with Gasteiger partial charge in [0.1, 0.15) is 17.2 Å². The minimum Gasteiger partial charge on any atom is -0.497 e. The molecular formula is C24H20N2O2. The predicted octanol–water partition coefficient (Wildman–Crippen LogP) is 6.03. The Balaban J connectivity index is 1.42. The molecule has 0 aliphatic heterocycles. The average Bonchev–Trinajstić information content (AvgIpc) is 3.23. The highest BCUT2D eigenvalue weighted by Crippen LogP contribution is 2.24. The normalized spacial score (nSPS) is 10.9. The summed E-state index contributed by atoms with van der Waals surface area (Å²) in [5, 5.41) is 0. The molecule has 138 valence electrons. The maximum Gasteiger partial charge on any atom is 0.127 e. The molecule has 0 aliphatic carbocycles. The maximum absolute atomic E-state index is 5.80. The van der Waals surface area contributed by atoms with E-state index >= 15 is 0 Å². The summed E-state index contributed by atoms with van der Waals surface area (Å²) >= 11 is 0. The van der Waals surface area contributed by atoms with Crippen molar-refractivity contribution in [1.82, 2.24) is 4.57 Å². The molecule has 3 aromatic carbocycles. The summed E-state index contributed by atoms with van der Waals surface area (Å²) in [4.78, 5) is 4.55. The van der Waals surface area contributed by atoms with Crippen molar-refractivity contribution >= 4 is 11.9 Å². The zero-order valence-corrected chi connectivity index (χ0v) is 15.5. The van der Waals surface area contributed by atoms with Crippen molar-refractivity contribution < 1.29 is 9.47 Å². The lowest BCUT2D eigenvalue weighted by Gasteiger charge is -2.05. The number of rotatable bonds is 6. The van der Waals surface area contributed by atoms with E-state index < -0.39 is 0 Å². The van der Waals surface area contributed by atoms with Gasteiger partial charge in [0.15, 0.2) is 0 Å². The van der Waals surface area contributed by atoms with Crippen LogP contribution in [0.2, 0.25) is 0 Å². The van der Waals surface area contributed by atoms with Gasteiger partial charge in [-0.15, -0.1) is 0 Å². The lowest BCUT2D eigenvalue weighted by atomic mass is 10.3. The fraction of sp³-hybridized carbons (Fsp3) is 0.0417. The summed E-state index contributed by atoms with van der Waals surface area (Å²) < 4.78 is 13.1. The molecule has 0 N–H and O–H groups in total. The van der Waals surface area contributed by atoms with Gasteiger partial charge in [0.2, 0.25) is 0 Å². The quantitative estimate of drug-likeness (QED) is 0.390. The molecule has 0 atom stereocenters. The Morgan fingerprint density at radius 1 is 0.750 bits per heavy atom. The Hall–Kier alpha value is -3.79. The summed E-state index contributed by atoms with van der Waals surface area (Å²) in [7, 11) is 1.67. The number of para-hydroxylation sites is 1. The standard InChI is InChI=1S/C24H20N2O2/c1-27-22-13-9-21(10-14-22)26-16-15-19(18-26)17-25-20-7-11-24(12-8-20)28-23-5-3-2-4-6-23/h2-18H,1H3. The van der Waals surface area contributed by atoms with Gasteiger partial charge in [-0.05, 0) is 66.7 Å². The fourth-order valence-electron chi connectivity index (χ4n) is 2.78. The number of ether oxygens (including phenoxy) is 2. The van der Waals surface area contributed by atoms with Crippen LogP contribution in [-0.4, -0.2) is 17.9 Å². The lowest BCUT2D eigenvalue weighted by molar-refractivity contribution is 0.415. The zero-order chi connectivity index (χ0) is 19.2. The van der Waals surface area contributed by atoms with E-state index in [2.05, 4.69) is 9.56 Å². The molecule has 0 radical (unpaired) electrons. The van der Waals surface area contributed by atoms with E-state index in [1.165, 1.54) is 0 Å². The third-order valence-corrected chi connectivity index (χ3v) is 4.26. The third kappa shape index (κ3) is 4.30. The SMILES string of the molecule is COc1ccc(-n2ccc(C=Nc3ccc(Oc4ccccc4)cc3)c2)cc1. The van der Waals surface area contributed by atoms with Gasteiger partial charge >= 0.3 is 0 Å². The molecule has 0 unspecified atom stereocenters. The molecule has 28 heavy (non-hydrogen) atoms. The van der Waals surface area contributed by atoms with E-state index in [0.717, 1.165) is 34.2 Å². The monoisotopic (exact) mass is 368 g/mol. The van der Waals surface area contributed by atoms with Gasteiger partial charge < -0.3 is 14.0 Å². The fourth-order valence-corrected chi connectivity index (χ4v) is 2.78. The van der Waals surface area contributed by atoms with E-state index in [9.17, 15) is 0 Å². The Bertz CT molecular complexity index is 1050. The number of aliphatic imine (C=N–C) groups is 1. The summed E-state index contributed by atoms with van der Waals surface area (Å²) in [5.74, 6) is 2.45. The van der Waals surface area contributed by atoms with Gasteiger partial charge in [-0.2, -0.15) is 0 Å². The molecule has 4 rings (SSSR count). The molecule has 0 aliphatic rings. The Morgan fingerprint density at radius 2 is 1.43 bits per heavy atom. The van der Waals surface area contributed by atoms with E-state index in [1.54, 1.807) is 7.11 Å². The number of hydrogen-bond donors (Lipinski definition) is 0. The first kappa shape index (κ1) is 17.6. The van der Waals surface area contributed by atoms with Crippen molar-refractivity contribution in [3.05, 3.63) is 103 Å². The molecular weight excluding hydrogens is 348 g/mol. The minimum absolute atomic E-state index is 0.788. The van der Waals surface area contributed by atoms with Crippen LogP contribution in [0.1, 0.15) is 5.56 Å². The highest BCUT2D eigenvalue weighted by atomic mass is 16.5. The van der Waals surface area contributed by atoms with Gasteiger partial charge in [0, 0.05) is 29.9 Å². The van der Waals surface area contributed by atoms with Crippen LogP contribution in [0.25, 0.3) is 5.69 Å². The molecule has 0 saturated carbocycles. The highest BCUT2D eigenvalue weighted by Gasteiger charge is 2.00. The van der Waals surface area contributed by atoms with Crippen molar-refractivity contribution in [1.29, 1.82) is 0 Å². The van der Waals surface area contributed by atoms with Gasteiger partial charge in [-0.3, -0.25) is 4.99 Å². The highest BCUT2D eigenvalue weighted by molar-refractivity contribution is 5.81. The number of nitrogens with zero attached hydrogens (tertiary/aromatic N) is 2. The molecule has 4 nitrogen and oxygen atoms in total. The molecule has 0 spiro atoms. The lowest BCUT2D eigenvalue weighted by Crippen LogP contribution is -1.90. The van der Waals surface area contributed by atoms with Gasteiger partial charge in [-0.1, -0.05) is 18.2 Å². The van der Waals surface area contributed by atoms with Gasteiger partial charge in [-0.25, -0.2) is 0 Å². The Morgan fingerprint density at radius 3 is 2.14 bits per heavy atom. The summed E-state index contributed by atoms with van der Waals surface area (Å²) in [6.45, 7) is 0. The van der Waals surface area contributed by atoms with Crippen LogP contribution in [0.5, 0.6) is 17.2 Å². The number of hydrogen-bond acceptors (Lipinski definition) is 3. The second-order valence-corrected chi connectivity index (χ2v) is 6.22. The van der Waals surface area contributed by atoms with Crippen LogP contribution in [0.3, 0.4) is 0 Å². The molecule has 0 saturated heterocycles. The Kier molecular flexibility index (Phi) is 5.20. The molecule has 0 bridgehead atoms. The first-order valence-electron chi connectivity index (χ1n) is 9.00. The van der Waals surface area contributed by atoms with Crippen LogP contribution in [-0.2, 0) is 0 Å². The number of methoxy groups -OCH3 is 1. The molecule has 1 aromatic heterocycles.